The van der Waals surface area contributed by atoms with Crippen LogP contribution in [0.25, 0.3) is 5.52 Å². The topological polar surface area (TPSA) is 38.5 Å². The predicted molar refractivity (Wildman–Crippen MR) is 48.5 cm³/mol. The molecule has 0 N–H and O–H groups in total. The lowest BCUT2D eigenvalue weighted by Crippen LogP contribution is -2.08. The fourth-order valence-electron chi connectivity index (χ4n) is 1.20. The number of carbonyl (C=O) groups excluding carboxylic acids is 1. The summed E-state index contributed by atoms with van der Waals surface area (Å²) in [6.07, 6.45) is 4.85. The van der Waals surface area contributed by atoms with Crippen LogP contribution in [0.3, 0.4) is 0 Å². The van der Waals surface area contributed by atoms with Gasteiger partial charge in [0.2, 0.25) is 6.29 Å². The summed E-state index contributed by atoms with van der Waals surface area (Å²) in [5, 5.41) is 0. The van der Waals surface area contributed by atoms with Crippen molar-refractivity contribution < 1.29 is 4.79 Å². The molecule has 0 amide bonds. The summed E-state index contributed by atoms with van der Waals surface area (Å²) < 4.78 is 1.71. The Kier molecular flexibility index (Phi) is 1.70. The third-order valence-corrected chi connectivity index (χ3v) is 1.85. The van der Waals surface area contributed by atoms with Crippen LogP contribution < -0.4 is 5.43 Å². The van der Waals surface area contributed by atoms with Gasteiger partial charge in [-0.05, 0) is 12.1 Å². The molecule has 0 aromatic carbocycles. The smallest absolute Gasteiger partial charge is 0.239 e. The molecule has 2 heterocycles. The van der Waals surface area contributed by atoms with E-state index in [1.807, 2.05) is 12.1 Å². The molecule has 0 saturated carbocycles. The number of pyridine rings is 2. The van der Waals surface area contributed by atoms with Crippen molar-refractivity contribution in [1.29, 1.82) is 0 Å². The van der Waals surface area contributed by atoms with E-state index in [9.17, 15) is 9.59 Å². The summed E-state index contributed by atoms with van der Waals surface area (Å²) in [5.41, 5.74) is 0.538. The van der Waals surface area contributed by atoms with E-state index < -0.39 is 0 Å². The second-order valence-corrected chi connectivity index (χ2v) is 2.69. The number of rotatable bonds is 1. The number of hydrogen-bond acceptors (Lipinski definition) is 2. The monoisotopic (exact) mass is 172 g/mol. The third-order valence-electron chi connectivity index (χ3n) is 1.85. The highest BCUT2D eigenvalue weighted by Gasteiger charge is 1.99. The van der Waals surface area contributed by atoms with Gasteiger partial charge < -0.3 is 4.40 Å². The molecule has 63 valence electrons. The SMILES string of the molecule is O=[C]c1cn2ccccc2cc1=O. The minimum Gasteiger partial charge on any atom is -0.323 e. The average Bonchev–Trinajstić information content (AvgIpc) is 2.17. The van der Waals surface area contributed by atoms with Crippen LogP contribution >= 0.6 is 0 Å². The van der Waals surface area contributed by atoms with Crippen LogP contribution in [-0.2, 0) is 4.79 Å². The average molecular weight is 172 g/mol. The molecule has 2 rings (SSSR count). The van der Waals surface area contributed by atoms with Crippen LogP contribution in [0.15, 0.2) is 41.5 Å². The van der Waals surface area contributed by atoms with E-state index in [0.29, 0.717) is 0 Å². The van der Waals surface area contributed by atoms with Crippen molar-refractivity contribution in [1.82, 2.24) is 4.40 Å². The van der Waals surface area contributed by atoms with E-state index in [0.717, 1.165) is 5.52 Å². The van der Waals surface area contributed by atoms with Crippen LogP contribution in [0.5, 0.6) is 0 Å². The fourth-order valence-corrected chi connectivity index (χ4v) is 1.20. The molecule has 0 atom stereocenters. The highest BCUT2D eigenvalue weighted by molar-refractivity contribution is 5.75. The maximum absolute atomic E-state index is 11.2. The maximum Gasteiger partial charge on any atom is 0.239 e. The van der Waals surface area contributed by atoms with E-state index in [1.54, 1.807) is 23.0 Å². The Balaban J connectivity index is 2.89. The lowest BCUT2D eigenvalue weighted by Gasteiger charge is -1.99. The first-order valence-corrected chi connectivity index (χ1v) is 3.80. The molecule has 0 unspecified atom stereocenters. The molecule has 13 heavy (non-hydrogen) atoms. The van der Waals surface area contributed by atoms with Crippen LogP contribution in [0, 0.1) is 0 Å². The van der Waals surface area contributed by atoms with E-state index in [2.05, 4.69) is 0 Å². The molecule has 1 radical (unpaired) electrons. The number of nitrogens with zero attached hydrogens (tertiary/aromatic N) is 1. The second-order valence-electron chi connectivity index (χ2n) is 2.69. The van der Waals surface area contributed by atoms with E-state index in [4.69, 9.17) is 0 Å². The van der Waals surface area contributed by atoms with Gasteiger partial charge in [-0.2, -0.15) is 0 Å². The Morgan fingerprint density at radius 3 is 2.92 bits per heavy atom. The minimum atomic E-state index is -0.291. The summed E-state index contributed by atoms with van der Waals surface area (Å²) >= 11 is 0. The minimum absolute atomic E-state index is 0.0590. The highest BCUT2D eigenvalue weighted by atomic mass is 16.1. The standard InChI is InChI=1S/C10H6NO2/c12-7-8-6-11-4-2-1-3-9(11)5-10(8)13/h1-6H. The van der Waals surface area contributed by atoms with Crippen molar-refractivity contribution in [3.63, 3.8) is 0 Å². The van der Waals surface area contributed by atoms with Gasteiger partial charge >= 0.3 is 0 Å². The Hall–Kier alpha value is -1.90. The molecule has 0 spiro atoms. The second kappa shape index (κ2) is 2.86. The van der Waals surface area contributed by atoms with Crippen molar-refractivity contribution in [2.75, 3.05) is 0 Å². The lowest BCUT2D eigenvalue weighted by molar-refractivity contribution is 0.562. The molecule has 2 aromatic rings. The van der Waals surface area contributed by atoms with Crippen LogP contribution in [0.1, 0.15) is 5.56 Å². The van der Waals surface area contributed by atoms with Crippen molar-refractivity contribution in [2.45, 2.75) is 0 Å². The molecule has 0 bridgehead atoms. The highest BCUT2D eigenvalue weighted by Crippen LogP contribution is 1.99. The molecule has 0 aliphatic carbocycles. The molecule has 0 aliphatic heterocycles. The first kappa shape index (κ1) is 7.73. The summed E-state index contributed by atoms with van der Waals surface area (Å²) in [5.74, 6) is 0. The zero-order valence-electron chi connectivity index (χ0n) is 6.73. The van der Waals surface area contributed by atoms with Gasteiger partial charge in [0.05, 0.1) is 5.56 Å². The van der Waals surface area contributed by atoms with Gasteiger partial charge in [-0.3, -0.25) is 9.59 Å². The number of fused-ring (bicyclic) bond motifs is 1. The van der Waals surface area contributed by atoms with Crippen LogP contribution in [-0.4, -0.2) is 10.7 Å². The van der Waals surface area contributed by atoms with Crippen molar-refractivity contribution in [2.24, 2.45) is 0 Å². The van der Waals surface area contributed by atoms with Gasteiger partial charge in [0.15, 0.2) is 5.43 Å². The Morgan fingerprint density at radius 1 is 1.31 bits per heavy atom. The largest absolute Gasteiger partial charge is 0.323 e. The fraction of sp³-hybridized carbons (Fsp3) is 0. The molecular weight excluding hydrogens is 166 g/mol. The van der Waals surface area contributed by atoms with Crippen LogP contribution in [0.4, 0.5) is 0 Å². The zero-order chi connectivity index (χ0) is 9.26. The van der Waals surface area contributed by atoms with Gasteiger partial charge in [0.25, 0.3) is 0 Å². The van der Waals surface area contributed by atoms with Gasteiger partial charge in [0, 0.05) is 24.0 Å². The first-order chi connectivity index (χ1) is 6.31. The summed E-state index contributed by atoms with van der Waals surface area (Å²) in [6, 6.07) is 6.88. The van der Waals surface area contributed by atoms with Gasteiger partial charge in [-0.1, -0.05) is 6.07 Å². The molecule has 0 fully saturated rings. The van der Waals surface area contributed by atoms with Gasteiger partial charge in [0.1, 0.15) is 0 Å². The van der Waals surface area contributed by atoms with Gasteiger partial charge in [-0.15, -0.1) is 0 Å². The molecule has 0 aliphatic rings. The number of hydrogen-bond donors (Lipinski definition) is 0. The number of aromatic nitrogens is 1. The molecule has 0 saturated heterocycles. The lowest BCUT2D eigenvalue weighted by atomic mass is 10.2. The Bertz CT molecular complexity index is 514. The van der Waals surface area contributed by atoms with Crippen molar-refractivity contribution >= 4 is 11.8 Å². The van der Waals surface area contributed by atoms with E-state index in [1.165, 1.54) is 12.3 Å². The quantitative estimate of drug-likeness (QED) is 0.636. The molecule has 3 nitrogen and oxygen atoms in total. The normalized spacial score (nSPS) is 10.2. The summed E-state index contributed by atoms with van der Waals surface area (Å²) in [4.78, 5) is 21.5. The Morgan fingerprint density at radius 2 is 2.15 bits per heavy atom. The van der Waals surface area contributed by atoms with Crippen LogP contribution in [0.2, 0.25) is 0 Å². The van der Waals surface area contributed by atoms with Crippen molar-refractivity contribution in [3.8, 4) is 0 Å². The molecule has 2 aromatic heterocycles. The van der Waals surface area contributed by atoms with E-state index >= 15 is 0 Å². The summed E-state index contributed by atoms with van der Waals surface area (Å²) in [7, 11) is 0. The van der Waals surface area contributed by atoms with E-state index in [-0.39, 0.29) is 11.0 Å². The molecule has 3 heteroatoms. The maximum atomic E-state index is 11.2. The molecular formula is C10H6NO2. The zero-order valence-corrected chi connectivity index (χ0v) is 6.73. The summed E-state index contributed by atoms with van der Waals surface area (Å²) in [6.45, 7) is 0. The third kappa shape index (κ3) is 1.24. The Labute approximate surface area is 74.2 Å². The predicted octanol–water partition coefficient (Wildman–Crippen LogP) is 0.757. The van der Waals surface area contributed by atoms with Gasteiger partial charge in [-0.25, -0.2) is 0 Å². The van der Waals surface area contributed by atoms with Crippen molar-refractivity contribution in [3.05, 3.63) is 52.4 Å². The first-order valence-electron chi connectivity index (χ1n) is 3.80.